The highest BCUT2D eigenvalue weighted by atomic mass is 32.1. The Balaban J connectivity index is 1.96. The van der Waals surface area contributed by atoms with E-state index in [0.717, 1.165) is 5.56 Å². The van der Waals surface area contributed by atoms with Crippen LogP contribution in [0.1, 0.15) is 35.0 Å². The number of carbonyl (C=O) groups excluding carboxylic acids is 2. The van der Waals surface area contributed by atoms with Gasteiger partial charge in [0.15, 0.2) is 11.5 Å². The first kappa shape index (κ1) is 22.9. The predicted octanol–water partition coefficient (Wildman–Crippen LogP) is 3.40. The van der Waals surface area contributed by atoms with Crippen LogP contribution in [0.5, 0.6) is 17.2 Å². The maximum atomic E-state index is 13.1. The minimum absolute atomic E-state index is 0.0473. The van der Waals surface area contributed by atoms with Crippen LogP contribution >= 0.6 is 11.3 Å². The lowest BCUT2D eigenvalue weighted by Crippen LogP contribution is -2.37. The van der Waals surface area contributed by atoms with Gasteiger partial charge >= 0.3 is 0 Å². The number of hydrogen-bond donors (Lipinski definition) is 1. The summed E-state index contributed by atoms with van der Waals surface area (Å²) in [5.74, 6) is 1.24. The minimum atomic E-state index is -0.370. The zero-order chi connectivity index (χ0) is 22.5. The summed E-state index contributed by atoms with van der Waals surface area (Å²) in [6.07, 6.45) is 0. The van der Waals surface area contributed by atoms with Crippen LogP contribution in [0.3, 0.4) is 0 Å². The maximum absolute atomic E-state index is 13.1. The Hall–Kier alpha value is -2.74. The van der Waals surface area contributed by atoms with E-state index in [4.69, 9.17) is 14.2 Å². The van der Waals surface area contributed by atoms with Crippen molar-refractivity contribution in [2.24, 2.45) is 11.8 Å². The molecule has 0 radical (unpaired) electrons. The highest BCUT2D eigenvalue weighted by molar-refractivity contribution is 7.12. The van der Waals surface area contributed by atoms with Crippen molar-refractivity contribution in [3.63, 3.8) is 0 Å². The summed E-state index contributed by atoms with van der Waals surface area (Å²) < 4.78 is 16.4. The van der Waals surface area contributed by atoms with Crippen molar-refractivity contribution in [3.8, 4) is 17.2 Å². The molecule has 0 spiro atoms. The Bertz CT molecular complexity index is 888. The fraction of sp³-hybridized carbons (Fsp3) is 0.478. The summed E-state index contributed by atoms with van der Waals surface area (Å²) >= 11 is 1.41. The van der Waals surface area contributed by atoms with Crippen LogP contribution in [-0.4, -0.2) is 57.7 Å². The van der Waals surface area contributed by atoms with Crippen molar-refractivity contribution >= 4 is 23.2 Å². The second-order valence-electron chi connectivity index (χ2n) is 8.00. The number of benzene rings is 1. The molecular formula is C23H30N2O5S. The number of likely N-dealkylation sites (tertiary alicyclic amines) is 1. The van der Waals surface area contributed by atoms with E-state index >= 15 is 0 Å². The lowest BCUT2D eigenvalue weighted by Gasteiger charge is -2.21. The summed E-state index contributed by atoms with van der Waals surface area (Å²) in [7, 11) is 4.68. The number of carbonyl (C=O) groups is 2. The molecule has 0 aliphatic carbocycles. The summed E-state index contributed by atoms with van der Waals surface area (Å²) in [4.78, 5) is 28.5. The molecule has 0 bridgehead atoms. The van der Waals surface area contributed by atoms with E-state index in [1.54, 1.807) is 26.2 Å². The zero-order valence-corrected chi connectivity index (χ0v) is 19.5. The molecule has 0 saturated carbocycles. The van der Waals surface area contributed by atoms with E-state index in [1.807, 2.05) is 29.6 Å². The Morgan fingerprint density at radius 1 is 1.13 bits per heavy atom. The molecule has 1 N–H and O–H groups in total. The molecule has 168 valence electrons. The third kappa shape index (κ3) is 4.95. The molecule has 1 fully saturated rings. The normalized spacial score (nSPS) is 18.2. The van der Waals surface area contributed by atoms with Crippen molar-refractivity contribution < 1.29 is 23.8 Å². The maximum Gasteiger partial charge on any atom is 0.263 e. The molecule has 1 aliphatic heterocycles. The quantitative estimate of drug-likeness (QED) is 0.673. The Morgan fingerprint density at radius 2 is 1.81 bits per heavy atom. The molecule has 2 aromatic rings. The van der Waals surface area contributed by atoms with Crippen LogP contribution in [0, 0.1) is 11.8 Å². The van der Waals surface area contributed by atoms with Crippen molar-refractivity contribution in [1.82, 2.24) is 10.2 Å². The van der Waals surface area contributed by atoms with Crippen molar-refractivity contribution in [1.29, 1.82) is 0 Å². The van der Waals surface area contributed by atoms with Gasteiger partial charge in [0.05, 0.1) is 32.1 Å². The van der Waals surface area contributed by atoms with Gasteiger partial charge < -0.3 is 24.4 Å². The monoisotopic (exact) mass is 446 g/mol. The molecule has 2 amide bonds. The SMILES string of the molecule is COc1cc([C@H]2CN(C(=O)c3cccs3)C[C@@H]2C(=O)NCC(C)C)cc(OC)c1OC. The molecular weight excluding hydrogens is 416 g/mol. The largest absolute Gasteiger partial charge is 0.493 e. The number of ether oxygens (including phenoxy) is 3. The van der Waals surface area contributed by atoms with Gasteiger partial charge in [-0.3, -0.25) is 9.59 Å². The van der Waals surface area contributed by atoms with E-state index in [9.17, 15) is 9.59 Å². The van der Waals surface area contributed by atoms with Crippen molar-refractivity contribution in [2.75, 3.05) is 41.0 Å². The Labute approximate surface area is 187 Å². The van der Waals surface area contributed by atoms with Gasteiger partial charge in [0.2, 0.25) is 11.7 Å². The third-order valence-electron chi connectivity index (χ3n) is 5.48. The third-order valence-corrected chi connectivity index (χ3v) is 6.33. The molecule has 2 heterocycles. The molecule has 3 rings (SSSR count). The summed E-state index contributed by atoms with van der Waals surface area (Å²) in [5, 5.41) is 4.92. The fourth-order valence-electron chi connectivity index (χ4n) is 3.88. The second-order valence-corrected chi connectivity index (χ2v) is 8.95. The van der Waals surface area contributed by atoms with Crippen LogP contribution in [-0.2, 0) is 4.79 Å². The molecule has 8 heteroatoms. The standard InChI is InChI=1S/C23H30N2O5S/c1-14(2)11-24-22(26)17-13-25(23(27)20-7-6-8-31-20)12-16(17)15-9-18(28-3)21(30-5)19(10-15)29-4/h6-10,14,16-17H,11-13H2,1-5H3,(H,24,26)/t16-,17+/m1/s1. The molecule has 1 aromatic carbocycles. The average molecular weight is 447 g/mol. The first-order chi connectivity index (χ1) is 14.9. The van der Waals surface area contributed by atoms with Gasteiger partial charge in [-0.05, 0) is 35.1 Å². The predicted molar refractivity (Wildman–Crippen MR) is 120 cm³/mol. The van der Waals surface area contributed by atoms with Crippen molar-refractivity contribution in [2.45, 2.75) is 19.8 Å². The lowest BCUT2D eigenvalue weighted by atomic mass is 9.87. The Kier molecular flexibility index (Phi) is 7.43. The number of thiophene rings is 1. The Morgan fingerprint density at radius 3 is 2.32 bits per heavy atom. The van der Waals surface area contributed by atoms with Gasteiger partial charge in [-0.1, -0.05) is 19.9 Å². The van der Waals surface area contributed by atoms with Crippen LogP contribution in [0.2, 0.25) is 0 Å². The number of hydrogen-bond acceptors (Lipinski definition) is 6. The van der Waals surface area contributed by atoms with Gasteiger partial charge in [-0.25, -0.2) is 0 Å². The number of amides is 2. The van der Waals surface area contributed by atoms with Crippen LogP contribution in [0.15, 0.2) is 29.6 Å². The molecule has 1 aliphatic rings. The molecule has 7 nitrogen and oxygen atoms in total. The average Bonchev–Trinajstić information content (AvgIpc) is 3.46. The fourth-order valence-corrected chi connectivity index (χ4v) is 4.57. The minimum Gasteiger partial charge on any atom is -0.493 e. The lowest BCUT2D eigenvalue weighted by molar-refractivity contribution is -0.125. The molecule has 2 atom stereocenters. The molecule has 31 heavy (non-hydrogen) atoms. The second kappa shape index (κ2) is 10.0. The first-order valence-electron chi connectivity index (χ1n) is 10.3. The van der Waals surface area contributed by atoms with Gasteiger partial charge in [0, 0.05) is 25.6 Å². The number of nitrogens with one attached hydrogen (secondary N) is 1. The van der Waals surface area contributed by atoms with Gasteiger partial charge in [-0.2, -0.15) is 0 Å². The number of nitrogens with zero attached hydrogens (tertiary/aromatic N) is 1. The summed E-state index contributed by atoms with van der Waals surface area (Å²) in [6.45, 7) is 5.50. The van der Waals surface area contributed by atoms with E-state index in [-0.39, 0.29) is 23.7 Å². The smallest absolute Gasteiger partial charge is 0.263 e. The van der Waals surface area contributed by atoms with Gasteiger partial charge in [0.25, 0.3) is 5.91 Å². The molecule has 1 aromatic heterocycles. The molecule has 0 unspecified atom stereocenters. The highest BCUT2D eigenvalue weighted by Gasteiger charge is 2.41. The number of methoxy groups -OCH3 is 3. The van der Waals surface area contributed by atoms with Crippen LogP contribution < -0.4 is 19.5 Å². The summed E-state index contributed by atoms with van der Waals surface area (Å²) in [5.41, 5.74) is 0.876. The van der Waals surface area contributed by atoms with Crippen molar-refractivity contribution in [3.05, 3.63) is 40.1 Å². The van der Waals surface area contributed by atoms with Gasteiger partial charge in [-0.15, -0.1) is 11.3 Å². The van der Waals surface area contributed by atoms with Gasteiger partial charge in [0.1, 0.15) is 0 Å². The van der Waals surface area contributed by atoms with E-state index in [1.165, 1.54) is 11.3 Å². The highest BCUT2D eigenvalue weighted by Crippen LogP contribution is 2.43. The van der Waals surface area contributed by atoms with E-state index in [2.05, 4.69) is 19.2 Å². The molecule has 1 saturated heterocycles. The topological polar surface area (TPSA) is 77.1 Å². The number of rotatable bonds is 8. The van der Waals surface area contributed by atoms with Crippen LogP contribution in [0.25, 0.3) is 0 Å². The first-order valence-corrected chi connectivity index (χ1v) is 11.2. The van der Waals surface area contributed by atoms with E-state index < -0.39 is 0 Å². The summed E-state index contributed by atoms with van der Waals surface area (Å²) in [6, 6.07) is 7.41. The van der Waals surface area contributed by atoms with E-state index in [0.29, 0.717) is 47.7 Å². The van der Waals surface area contributed by atoms with Crippen LogP contribution in [0.4, 0.5) is 0 Å². The zero-order valence-electron chi connectivity index (χ0n) is 18.6.